The molecule has 0 fully saturated rings. The van der Waals surface area contributed by atoms with Crippen molar-refractivity contribution in [1.82, 2.24) is 19.3 Å². The monoisotopic (exact) mass is 358 g/mol. The van der Waals surface area contributed by atoms with Crippen molar-refractivity contribution in [3.63, 3.8) is 0 Å². The van der Waals surface area contributed by atoms with E-state index in [4.69, 9.17) is 0 Å². The molecular weight excluding hydrogens is 344 g/mol. The Morgan fingerprint density at radius 2 is 1.95 bits per heavy atom. The van der Waals surface area contributed by atoms with Crippen LogP contribution >= 0.6 is 15.9 Å². The lowest BCUT2D eigenvalue weighted by Crippen LogP contribution is -2.30. The molecule has 20 heavy (non-hydrogen) atoms. The van der Waals surface area contributed by atoms with E-state index in [1.807, 2.05) is 30.3 Å². The van der Waals surface area contributed by atoms with Gasteiger partial charge in [-0.15, -0.1) is 5.10 Å². The zero-order valence-corrected chi connectivity index (χ0v) is 13.6. The van der Waals surface area contributed by atoms with Crippen molar-refractivity contribution >= 4 is 26.0 Å². The first-order valence-electron chi connectivity index (χ1n) is 5.98. The van der Waals surface area contributed by atoms with Crippen LogP contribution in [0.1, 0.15) is 5.56 Å². The number of sulfonamides is 1. The molecule has 0 N–H and O–H groups in total. The van der Waals surface area contributed by atoms with Crippen molar-refractivity contribution in [2.24, 2.45) is 7.05 Å². The fraction of sp³-hybridized carbons (Fsp3) is 0.333. The molecule has 0 aliphatic rings. The van der Waals surface area contributed by atoms with E-state index in [0.717, 1.165) is 5.56 Å². The second kappa shape index (κ2) is 6.02. The minimum Gasteiger partial charge on any atom is -0.235 e. The van der Waals surface area contributed by atoms with Crippen molar-refractivity contribution in [1.29, 1.82) is 0 Å². The molecule has 2 rings (SSSR count). The van der Waals surface area contributed by atoms with Crippen molar-refractivity contribution < 1.29 is 8.42 Å². The Morgan fingerprint density at radius 1 is 1.30 bits per heavy atom. The molecule has 0 unspecified atom stereocenters. The molecule has 0 amide bonds. The highest BCUT2D eigenvalue weighted by Crippen LogP contribution is 2.21. The van der Waals surface area contributed by atoms with E-state index in [9.17, 15) is 8.42 Å². The molecular formula is C12H15BrN4O2S. The number of halogens is 1. The van der Waals surface area contributed by atoms with Gasteiger partial charge in [0.05, 0.1) is 0 Å². The van der Waals surface area contributed by atoms with Gasteiger partial charge in [0.1, 0.15) is 0 Å². The van der Waals surface area contributed by atoms with Gasteiger partial charge in [-0.3, -0.25) is 0 Å². The summed E-state index contributed by atoms with van der Waals surface area (Å²) in [6, 6.07) is 9.75. The maximum absolute atomic E-state index is 12.5. The lowest BCUT2D eigenvalue weighted by atomic mass is 10.2. The number of aryl methyl sites for hydroxylation is 1. The highest BCUT2D eigenvalue weighted by atomic mass is 79.9. The van der Waals surface area contributed by atoms with Crippen molar-refractivity contribution in [2.75, 3.05) is 13.6 Å². The van der Waals surface area contributed by atoms with E-state index in [0.29, 0.717) is 13.0 Å². The van der Waals surface area contributed by atoms with Crippen molar-refractivity contribution in [2.45, 2.75) is 11.4 Å². The first-order chi connectivity index (χ1) is 9.43. The molecule has 0 saturated carbocycles. The van der Waals surface area contributed by atoms with E-state index in [-0.39, 0.29) is 9.63 Å². The predicted octanol–water partition coefficient (Wildman–Crippen LogP) is 1.44. The van der Waals surface area contributed by atoms with Crippen LogP contribution in [0.2, 0.25) is 0 Å². The Balaban J connectivity index is 2.14. The normalized spacial score (nSPS) is 12.0. The zero-order chi connectivity index (χ0) is 14.8. The molecule has 1 aromatic heterocycles. The van der Waals surface area contributed by atoms with Crippen LogP contribution in [0.25, 0.3) is 0 Å². The number of aromatic nitrogens is 3. The summed E-state index contributed by atoms with van der Waals surface area (Å²) in [5, 5.41) is 7.47. The topological polar surface area (TPSA) is 68.1 Å². The van der Waals surface area contributed by atoms with Gasteiger partial charge in [-0.1, -0.05) is 35.5 Å². The number of hydrogen-bond donors (Lipinski definition) is 0. The molecule has 1 heterocycles. The molecule has 0 atom stereocenters. The predicted molar refractivity (Wildman–Crippen MR) is 78.7 cm³/mol. The van der Waals surface area contributed by atoms with Gasteiger partial charge in [-0.25, -0.2) is 13.1 Å². The molecule has 0 spiro atoms. The fourth-order valence-corrected chi connectivity index (χ4v) is 3.99. The SMILES string of the molecule is CN(CCc1ccccc1)S(=O)(=O)c1c(Br)nnn1C. The van der Waals surface area contributed by atoms with Gasteiger partial charge in [0.15, 0.2) is 4.60 Å². The van der Waals surface area contributed by atoms with Crippen molar-refractivity contribution in [3.8, 4) is 0 Å². The van der Waals surface area contributed by atoms with Crippen LogP contribution in [0, 0.1) is 0 Å². The van der Waals surface area contributed by atoms with Gasteiger partial charge < -0.3 is 0 Å². The summed E-state index contributed by atoms with van der Waals surface area (Å²) >= 11 is 3.12. The van der Waals surface area contributed by atoms with E-state index in [1.165, 1.54) is 8.99 Å². The molecule has 0 saturated heterocycles. The van der Waals surface area contributed by atoms with E-state index < -0.39 is 10.0 Å². The highest BCUT2D eigenvalue weighted by Gasteiger charge is 2.28. The quantitative estimate of drug-likeness (QED) is 0.810. The third-order valence-corrected chi connectivity index (χ3v) is 5.70. The fourth-order valence-electron chi connectivity index (χ4n) is 1.80. The smallest absolute Gasteiger partial charge is 0.235 e. The van der Waals surface area contributed by atoms with Gasteiger partial charge in [-0.05, 0) is 27.9 Å². The number of nitrogens with zero attached hydrogens (tertiary/aromatic N) is 4. The van der Waals surface area contributed by atoms with Crippen LogP contribution in [0.4, 0.5) is 0 Å². The number of hydrogen-bond acceptors (Lipinski definition) is 4. The summed E-state index contributed by atoms with van der Waals surface area (Å²) in [6.07, 6.45) is 0.652. The molecule has 6 nitrogen and oxygen atoms in total. The maximum Gasteiger partial charge on any atom is 0.262 e. The summed E-state index contributed by atoms with van der Waals surface area (Å²) in [6.45, 7) is 0.393. The number of benzene rings is 1. The van der Waals surface area contributed by atoms with Crippen LogP contribution in [-0.4, -0.2) is 41.3 Å². The Labute approximate surface area is 126 Å². The first kappa shape index (κ1) is 15.1. The van der Waals surface area contributed by atoms with E-state index in [2.05, 4.69) is 26.2 Å². The molecule has 0 aliphatic heterocycles. The first-order valence-corrected chi connectivity index (χ1v) is 8.21. The van der Waals surface area contributed by atoms with Crippen LogP contribution in [0.15, 0.2) is 40.0 Å². The van der Waals surface area contributed by atoms with Crippen molar-refractivity contribution in [3.05, 3.63) is 40.5 Å². The lowest BCUT2D eigenvalue weighted by Gasteiger charge is -2.16. The second-order valence-electron chi connectivity index (χ2n) is 4.37. The summed E-state index contributed by atoms with van der Waals surface area (Å²) in [7, 11) is -0.498. The summed E-state index contributed by atoms with van der Waals surface area (Å²) in [5.74, 6) is 0. The largest absolute Gasteiger partial charge is 0.262 e. The summed E-state index contributed by atoms with van der Waals surface area (Å²) < 4.78 is 27.7. The van der Waals surface area contributed by atoms with Gasteiger partial charge in [0.2, 0.25) is 5.03 Å². The lowest BCUT2D eigenvalue weighted by molar-refractivity contribution is 0.462. The average Bonchev–Trinajstić information content (AvgIpc) is 2.77. The standard InChI is InChI=1S/C12H15BrN4O2S/c1-16(9-8-10-6-4-3-5-7-10)20(18,19)12-11(13)14-15-17(12)2/h3-7H,8-9H2,1-2H3. The molecule has 2 aromatic rings. The molecule has 8 heteroatoms. The van der Waals surface area contributed by atoms with Gasteiger partial charge in [-0.2, -0.15) is 4.31 Å². The Kier molecular flexibility index (Phi) is 4.56. The third-order valence-electron chi connectivity index (χ3n) is 2.95. The van der Waals surface area contributed by atoms with Crippen LogP contribution < -0.4 is 0 Å². The minimum absolute atomic E-state index is 0.0630. The summed E-state index contributed by atoms with van der Waals surface area (Å²) in [5.41, 5.74) is 1.09. The van der Waals surface area contributed by atoms with E-state index >= 15 is 0 Å². The Morgan fingerprint density at radius 3 is 2.50 bits per heavy atom. The van der Waals surface area contributed by atoms with Gasteiger partial charge in [0, 0.05) is 20.6 Å². The number of rotatable bonds is 5. The molecule has 0 radical (unpaired) electrons. The van der Waals surface area contributed by atoms with E-state index in [1.54, 1.807) is 14.1 Å². The third kappa shape index (κ3) is 3.08. The molecule has 108 valence electrons. The highest BCUT2D eigenvalue weighted by molar-refractivity contribution is 9.10. The maximum atomic E-state index is 12.5. The molecule has 0 aliphatic carbocycles. The number of likely N-dealkylation sites (N-methyl/N-ethyl adjacent to an activating group) is 1. The van der Waals surface area contributed by atoms with Gasteiger partial charge >= 0.3 is 0 Å². The Bertz CT molecular complexity index is 665. The zero-order valence-electron chi connectivity index (χ0n) is 11.2. The van der Waals surface area contributed by atoms with Crippen LogP contribution in [0.5, 0.6) is 0 Å². The average molecular weight is 359 g/mol. The van der Waals surface area contributed by atoms with Gasteiger partial charge in [0.25, 0.3) is 10.0 Å². The Hall–Kier alpha value is -1.25. The molecule has 0 bridgehead atoms. The van der Waals surface area contributed by atoms with Crippen LogP contribution in [0.3, 0.4) is 0 Å². The summed E-state index contributed by atoms with van der Waals surface area (Å²) in [4.78, 5) is 0. The second-order valence-corrected chi connectivity index (χ2v) is 7.08. The van der Waals surface area contributed by atoms with Crippen LogP contribution in [-0.2, 0) is 23.5 Å². The molecule has 1 aromatic carbocycles. The minimum atomic E-state index is -3.60.